The summed E-state index contributed by atoms with van der Waals surface area (Å²) < 4.78 is 21.1. The van der Waals surface area contributed by atoms with Crippen molar-refractivity contribution >= 4 is 18.1 Å². The Kier molecular flexibility index (Phi) is 4.38. The number of carbonyl (C=O) groups excluding carboxylic acids is 3. The first-order valence-electron chi connectivity index (χ1n) is 8.58. The van der Waals surface area contributed by atoms with Gasteiger partial charge >= 0.3 is 0 Å². The maximum Gasteiger partial charge on any atom is 0.265 e. The van der Waals surface area contributed by atoms with E-state index in [-0.39, 0.29) is 30.2 Å². The molecule has 2 aliphatic heterocycles. The van der Waals surface area contributed by atoms with Crippen molar-refractivity contribution in [2.75, 3.05) is 27.6 Å². The maximum atomic E-state index is 12.9. The van der Waals surface area contributed by atoms with E-state index in [4.69, 9.17) is 18.9 Å². The summed E-state index contributed by atoms with van der Waals surface area (Å²) in [6, 6.07) is 6.44. The molecule has 0 atom stereocenters. The van der Waals surface area contributed by atoms with Gasteiger partial charge in [-0.3, -0.25) is 19.3 Å². The summed E-state index contributed by atoms with van der Waals surface area (Å²) in [5.74, 6) is 0.789. The number of imide groups is 1. The van der Waals surface area contributed by atoms with Crippen molar-refractivity contribution < 1.29 is 33.3 Å². The molecule has 8 nitrogen and oxygen atoms in total. The lowest BCUT2D eigenvalue weighted by molar-refractivity contribution is 0.0655. The van der Waals surface area contributed by atoms with Gasteiger partial charge in [-0.1, -0.05) is 0 Å². The van der Waals surface area contributed by atoms with Crippen LogP contribution < -0.4 is 18.9 Å². The number of benzene rings is 2. The minimum atomic E-state index is -0.454. The second-order valence-corrected chi connectivity index (χ2v) is 6.26. The zero-order chi connectivity index (χ0) is 19.8. The fourth-order valence-electron chi connectivity index (χ4n) is 3.45. The molecule has 0 aliphatic carbocycles. The standard InChI is InChI=1S/C20H17NO7/c1-25-14-4-3-13-17(18(14)26-2)20(24)21(19(13)23)6-5-11-7-15-16(28-10-27-15)8-12(11)9-22/h3-4,7-9H,5-6,10H2,1-2H3. The Morgan fingerprint density at radius 2 is 1.82 bits per heavy atom. The van der Waals surface area contributed by atoms with Crippen LogP contribution in [0.15, 0.2) is 24.3 Å². The van der Waals surface area contributed by atoms with Crippen LogP contribution in [0.4, 0.5) is 0 Å². The molecule has 0 fully saturated rings. The summed E-state index contributed by atoms with van der Waals surface area (Å²) >= 11 is 0. The van der Waals surface area contributed by atoms with Crippen LogP contribution in [0.25, 0.3) is 0 Å². The first-order chi connectivity index (χ1) is 13.6. The molecule has 8 heteroatoms. The van der Waals surface area contributed by atoms with Crippen molar-refractivity contribution in [2.24, 2.45) is 0 Å². The highest BCUT2D eigenvalue weighted by atomic mass is 16.7. The first kappa shape index (κ1) is 17.8. The molecule has 0 unspecified atom stereocenters. The van der Waals surface area contributed by atoms with Crippen LogP contribution >= 0.6 is 0 Å². The maximum absolute atomic E-state index is 12.9. The van der Waals surface area contributed by atoms with Gasteiger partial charge < -0.3 is 18.9 Å². The van der Waals surface area contributed by atoms with Crippen molar-refractivity contribution in [3.8, 4) is 23.0 Å². The second-order valence-electron chi connectivity index (χ2n) is 6.26. The molecule has 0 N–H and O–H groups in total. The van der Waals surface area contributed by atoms with Gasteiger partial charge in [-0.25, -0.2) is 0 Å². The molecule has 28 heavy (non-hydrogen) atoms. The van der Waals surface area contributed by atoms with E-state index in [1.165, 1.54) is 14.2 Å². The van der Waals surface area contributed by atoms with Gasteiger partial charge in [0.15, 0.2) is 23.0 Å². The lowest BCUT2D eigenvalue weighted by Gasteiger charge is -2.15. The summed E-state index contributed by atoms with van der Waals surface area (Å²) in [5, 5.41) is 0. The van der Waals surface area contributed by atoms with E-state index in [1.54, 1.807) is 24.3 Å². The van der Waals surface area contributed by atoms with E-state index in [0.29, 0.717) is 41.1 Å². The summed E-state index contributed by atoms with van der Waals surface area (Å²) in [6.07, 6.45) is 1.02. The number of ether oxygens (including phenoxy) is 4. The van der Waals surface area contributed by atoms with E-state index in [9.17, 15) is 14.4 Å². The van der Waals surface area contributed by atoms with Crippen LogP contribution in [0.2, 0.25) is 0 Å². The quantitative estimate of drug-likeness (QED) is 0.557. The molecular formula is C20H17NO7. The molecule has 0 bridgehead atoms. The van der Waals surface area contributed by atoms with Crippen LogP contribution in [-0.2, 0) is 6.42 Å². The normalized spacial score (nSPS) is 14.3. The van der Waals surface area contributed by atoms with Crippen molar-refractivity contribution in [2.45, 2.75) is 6.42 Å². The predicted molar refractivity (Wildman–Crippen MR) is 96.6 cm³/mol. The smallest absolute Gasteiger partial charge is 0.265 e. The first-order valence-corrected chi connectivity index (χ1v) is 8.58. The highest BCUT2D eigenvalue weighted by molar-refractivity contribution is 6.23. The number of hydrogen-bond donors (Lipinski definition) is 0. The summed E-state index contributed by atoms with van der Waals surface area (Å²) in [7, 11) is 2.88. The molecule has 2 aromatic rings. The Balaban J connectivity index is 1.61. The summed E-state index contributed by atoms with van der Waals surface area (Å²) in [5.41, 5.74) is 1.55. The minimum Gasteiger partial charge on any atom is -0.493 e. The molecule has 0 spiro atoms. The van der Waals surface area contributed by atoms with Gasteiger partial charge in [-0.2, -0.15) is 0 Å². The Morgan fingerprint density at radius 1 is 1.07 bits per heavy atom. The third-order valence-electron chi connectivity index (χ3n) is 4.85. The second kappa shape index (κ2) is 6.88. The minimum absolute atomic E-state index is 0.0944. The Bertz CT molecular complexity index is 999. The highest BCUT2D eigenvalue weighted by Crippen LogP contribution is 2.39. The van der Waals surface area contributed by atoms with Gasteiger partial charge in [0.05, 0.1) is 25.3 Å². The van der Waals surface area contributed by atoms with Crippen molar-refractivity contribution in [3.05, 3.63) is 46.5 Å². The predicted octanol–water partition coefficient (Wildman–Crippen LogP) is 2.08. The zero-order valence-corrected chi connectivity index (χ0v) is 15.3. The SMILES string of the molecule is COc1ccc2c(c1OC)C(=O)N(CCc1cc3c(cc1C=O)OCO3)C2=O. The molecule has 144 valence electrons. The largest absolute Gasteiger partial charge is 0.493 e. The molecule has 0 radical (unpaired) electrons. The molecule has 0 aromatic heterocycles. The topological polar surface area (TPSA) is 91.4 Å². The molecule has 2 aliphatic rings. The van der Waals surface area contributed by atoms with Gasteiger partial charge in [0, 0.05) is 12.1 Å². The number of aldehydes is 1. The van der Waals surface area contributed by atoms with Crippen LogP contribution in [-0.4, -0.2) is 50.6 Å². The highest BCUT2D eigenvalue weighted by Gasteiger charge is 2.39. The fourth-order valence-corrected chi connectivity index (χ4v) is 3.45. The molecule has 0 saturated carbocycles. The fraction of sp³-hybridized carbons (Fsp3) is 0.250. The van der Waals surface area contributed by atoms with Gasteiger partial charge in [0.2, 0.25) is 6.79 Å². The average Bonchev–Trinajstić information content (AvgIpc) is 3.27. The molecule has 0 saturated heterocycles. The summed E-state index contributed by atoms with van der Waals surface area (Å²) in [6.45, 7) is 0.204. The average molecular weight is 383 g/mol. The van der Waals surface area contributed by atoms with E-state index < -0.39 is 11.8 Å². The van der Waals surface area contributed by atoms with Crippen LogP contribution in [0.5, 0.6) is 23.0 Å². The van der Waals surface area contributed by atoms with E-state index >= 15 is 0 Å². The van der Waals surface area contributed by atoms with Crippen molar-refractivity contribution in [1.29, 1.82) is 0 Å². The van der Waals surface area contributed by atoms with Crippen LogP contribution in [0.1, 0.15) is 36.6 Å². The molecule has 2 heterocycles. The van der Waals surface area contributed by atoms with Gasteiger partial charge in [-0.05, 0) is 36.2 Å². The Morgan fingerprint density at radius 3 is 2.50 bits per heavy atom. The molecule has 4 rings (SSSR count). The van der Waals surface area contributed by atoms with Gasteiger partial charge in [0.1, 0.15) is 6.29 Å². The molecule has 2 aromatic carbocycles. The number of nitrogens with zero attached hydrogens (tertiary/aromatic N) is 1. The Labute approximate surface area is 160 Å². The number of fused-ring (bicyclic) bond motifs is 2. The summed E-state index contributed by atoms with van der Waals surface area (Å²) in [4.78, 5) is 38.2. The number of methoxy groups -OCH3 is 2. The number of rotatable bonds is 6. The van der Waals surface area contributed by atoms with Crippen molar-refractivity contribution in [1.82, 2.24) is 4.90 Å². The number of carbonyl (C=O) groups is 3. The molecular weight excluding hydrogens is 366 g/mol. The lowest BCUT2D eigenvalue weighted by Crippen LogP contribution is -2.32. The van der Waals surface area contributed by atoms with Crippen LogP contribution in [0.3, 0.4) is 0 Å². The van der Waals surface area contributed by atoms with E-state index in [2.05, 4.69) is 0 Å². The lowest BCUT2D eigenvalue weighted by atomic mass is 10.0. The van der Waals surface area contributed by atoms with Gasteiger partial charge in [0.25, 0.3) is 11.8 Å². The van der Waals surface area contributed by atoms with E-state index in [1.807, 2.05) is 0 Å². The Hall–Kier alpha value is -3.55. The van der Waals surface area contributed by atoms with Crippen molar-refractivity contribution in [3.63, 3.8) is 0 Å². The van der Waals surface area contributed by atoms with Crippen LogP contribution in [0, 0.1) is 0 Å². The monoisotopic (exact) mass is 383 g/mol. The third kappa shape index (κ3) is 2.65. The number of amides is 2. The third-order valence-corrected chi connectivity index (χ3v) is 4.85. The molecule has 2 amide bonds. The zero-order valence-electron chi connectivity index (χ0n) is 15.3. The van der Waals surface area contributed by atoms with Gasteiger partial charge in [-0.15, -0.1) is 0 Å². The number of hydrogen-bond acceptors (Lipinski definition) is 7. The van der Waals surface area contributed by atoms with E-state index in [0.717, 1.165) is 4.90 Å².